The van der Waals surface area contributed by atoms with Gasteiger partial charge in [0.15, 0.2) is 0 Å². The van der Waals surface area contributed by atoms with Gasteiger partial charge in [-0.2, -0.15) is 17.0 Å². The normalized spacial score (nSPS) is 12.4. The van der Waals surface area contributed by atoms with E-state index < -0.39 is 0 Å². The molecule has 0 aromatic carbocycles. The first kappa shape index (κ1) is 11.8. The average molecular weight is 188 g/mol. The monoisotopic (exact) mass is 188 g/mol. The second kappa shape index (κ2) is 8.85. The van der Waals surface area contributed by atoms with E-state index in [1.54, 1.807) is 11.8 Å². The fourth-order valence-corrected chi connectivity index (χ4v) is 1.56. The van der Waals surface area contributed by atoms with Crippen LogP contribution in [0.1, 0.15) is 13.3 Å². The highest BCUT2D eigenvalue weighted by molar-refractivity contribution is 7.99. The van der Waals surface area contributed by atoms with Crippen molar-refractivity contribution in [3.05, 3.63) is 0 Å². The number of nitrogens with one attached hydrogen (secondary N) is 1. The van der Waals surface area contributed by atoms with E-state index in [1.807, 2.05) is 6.92 Å². The van der Waals surface area contributed by atoms with Crippen LogP contribution in [0.4, 0.5) is 0 Å². The Balaban J connectivity index is 3.27. The van der Waals surface area contributed by atoms with Crippen LogP contribution in [0.5, 0.6) is 0 Å². The van der Waals surface area contributed by atoms with Gasteiger partial charge in [0.25, 0.3) is 0 Å². The summed E-state index contributed by atoms with van der Waals surface area (Å²) in [5.74, 6) is 1.70. The highest BCUT2D eigenvalue weighted by Gasteiger charge is 2.03. The number of aliphatic hydroxyl groups is 1. The molecule has 0 aromatic rings. The topological polar surface area (TPSA) is 56.0 Å². The molecule has 2 N–H and O–H groups in total. The molecule has 0 aromatic heterocycles. The van der Waals surface area contributed by atoms with E-state index in [0.29, 0.717) is 0 Å². The molecule has 0 saturated heterocycles. The Morgan fingerprint density at radius 1 is 1.58 bits per heavy atom. The van der Waals surface area contributed by atoms with Gasteiger partial charge in [0.1, 0.15) is 0 Å². The van der Waals surface area contributed by atoms with E-state index in [0.717, 1.165) is 24.5 Å². The maximum Gasteiger partial charge on any atom is 0.0960 e. The first-order chi connectivity index (χ1) is 5.85. The van der Waals surface area contributed by atoms with Crippen molar-refractivity contribution < 1.29 is 5.11 Å². The maximum atomic E-state index is 8.64. The van der Waals surface area contributed by atoms with Crippen molar-refractivity contribution in [2.75, 3.05) is 24.7 Å². The van der Waals surface area contributed by atoms with E-state index in [4.69, 9.17) is 10.4 Å². The van der Waals surface area contributed by atoms with Gasteiger partial charge in [0.2, 0.25) is 0 Å². The van der Waals surface area contributed by atoms with Gasteiger partial charge in [-0.05, 0) is 18.7 Å². The average Bonchev–Trinajstić information content (AvgIpc) is 2.10. The molecule has 70 valence electrons. The standard InChI is InChI=1S/C8H16N2OS/c1-2-10-8(7-9)3-5-12-6-4-11/h8,10-11H,2-6H2,1H3. The van der Waals surface area contributed by atoms with Crippen molar-refractivity contribution in [2.24, 2.45) is 0 Å². The van der Waals surface area contributed by atoms with Gasteiger partial charge in [-0.3, -0.25) is 0 Å². The van der Waals surface area contributed by atoms with Gasteiger partial charge in [-0.1, -0.05) is 6.92 Å². The molecule has 0 spiro atoms. The third-order valence-corrected chi connectivity index (χ3v) is 2.39. The van der Waals surface area contributed by atoms with Gasteiger partial charge < -0.3 is 10.4 Å². The van der Waals surface area contributed by atoms with Crippen LogP contribution in [-0.4, -0.2) is 35.8 Å². The lowest BCUT2D eigenvalue weighted by Crippen LogP contribution is -2.27. The van der Waals surface area contributed by atoms with E-state index in [9.17, 15) is 0 Å². The van der Waals surface area contributed by atoms with Crippen molar-refractivity contribution in [1.29, 1.82) is 5.26 Å². The summed E-state index contributed by atoms with van der Waals surface area (Å²) in [6.07, 6.45) is 0.856. The minimum absolute atomic E-state index is 0.0267. The molecular formula is C8H16N2OS. The summed E-state index contributed by atoms with van der Waals surface area (Å²) in [5, 5.41) is 20.2. The summed E-state index contributed by atoms with van der Waals surface area (Å²) in [6, 6.07) is 2.17. The fourth-order valence-electron chi connectivity index (χ4n) is 0.826. The zero-order chi connectivity index (χ0) is 9.23. The van der Waals surface area contributed by atoms with Crippen molar-refractivity contribution >= 4 is 11.8 Å². The quantitative estimate of drug-likeness (QED) is 0.575. The Bertz CT molecular complexity index is 136. The molecule has 0 fully saturated rings. The summed E-state index contributed by atoms with van der Waals surface area (Å²) in [4.78, 5) is 0. The number of thioether (sulfide) groups is 1. The maximum absolute atomic E-state index is 8.64. The molecule has 12 heavy (non-hydrogen) atoms. The van der Waals surface area contributed by atoms with Gasteiger partial charge in [0.05, 0.1) is 18.7 Å². The van der Waals surface area contributed by atoms with E-state index >= 15 is 0 Å². The van der Waals surface area contributed by atoms with Crippen molar-refractivity contribution in [1.82, 2.24) is 5.32 Å². The molecule has 0 amide bonds. The molecule has 0 rings (SSSR count). The van der Waals surface area contributed by atoms with Crippen LogP contribution in [-0.2, 0) is 0 Å². The minimum atomic E-state index is -0.0267. The number of hydrogen-bond acceptors (Lipinski definition) is 4. The number of rotatable bonds is 7. The Hall–Kier alpha value is -0.240. The summed E-state index contributed by atoms with van der Waals surface area (Å²) in [7, 11) is 0. The fraction of sp³-hybridized carbons (Fsp3) is 0.875. The number of aliphatic hydroxyl groups excluding tert-OH is 1. The molecule has 4 heteroatoms. The predicted octanol–water partition coefficient (Wildman–Crippen LogP) is 0.604. The summed E-state index contributed by atoms with van der Waals surface area (Å²) in [5.41, 5.74) is 0. The summed E-state index contributed by atoms with van der Waals surface area (Å²) >= 11 is 1.68. The Kier molecular flexibility index (Phi) is 8.68. The smallest absolute Gasteiger partial charge is 0.0960 e. The van der Waals surface area contributed by atoms with Crippen LogP contribution in [0.2, 0.25) is 0 Å². The largest absolute Gasteiger partial charge is 0.396 e. The molecule has 0 aliphatic carbocycles. The van der Waals surface area contributed by atoms with Crippen molar-refractivity contribution in [3.8, 4) is 6.07 Å². The van der Waals surface area contributed by atoms with Crippen LogP contribution in [0.15, 0.2) is 0 Å². The number of hydrogen-bond donors (Lipinski definition) is 2. The first-order valence-corrected chi connectivity index (χ1v) is 5.32. The molecule has 0 aliphatic heterocycles. The van der Waals surface area contributed by atoms with Gasteiger partial charge in [-0.15, -0.1) is 0 Å². The molecule has 1 unspecified atom stereocenters. The van der Waals surface area contributed by atoms with Crippen LogP contribution < -0.4 is 5.32 Å². The molecule has 3 nitrogen and oxygen atoms in total. The Morgan fingerprint density at radius 2 is 2.33 bits per heavy atom. The minimum Gasteiger partial charge on any atom is -0.396 e. The third-order valence-electron chi connectivity index (χ3n) is 1.39. The lowest BCUT2D eigenvalue weighted by Gasteiger charge is -2.08. The number of nitrogens with zero attached hydrogens (tertiary/aromatic N) is 1. The van der Waals surface area contributed by atoms with Gasteiger partial charge in [-0.25, -0.2) is 0 Å². The van der Waals surface area contributed by atoms with E-state index in [2.05, 4.69) is 11.4 Å². The van der Waals surface area contributed by atoms with Crippen molar-refractivity contribution in [3.63, 3.8) is 0 Å². The third kappa shape index (κ3) is 6.47. The van der Waals surface area contributed by atoms with E-state index in [1.165, 1.54) is 0 Å². The first-order valence-electron chi connectivity index (χ1n) is 4.16. The highest BCUT2D eigenvalue weighted by Crippen LogP contribution is 2.03. The zero-order valence-electron chi connectivity index (χ0n) is 7.42. The zero-order valence-corrected chi connectivity index (χ0v) is 8.23. The Labute approximate surface area is 78.2 Å². The van der Waals surface area contributed by atoms with Gasteiger partial charge >= 0.3 is 0 Å². The molecule has 0 heterocycles. The lowest BCUT2D eigenvalue weighted by atomic mass is 10.2. The number of nitriles is 1. The second-order valence-electron chi connectivity index (χ2n) is 2.36. The summed E-state index contributed by atoms with van der Waals surface area (Å²) < 4.78 is 0. The second-order valence-corrected chi connectivity index (χ2v) is 3.59. The summed E-state index contributed by atoms with van der Waals surface area (Å²) in [6.45, 7) is 3.05. The molecule has 0 aliphatic rings. The molecule has 0 radical (unpaired) electrons. The van der Waals surface area contributed by atoms with Crippen LogP contribution in [0.25, 0.3) is 0 Å². The lowest BCUT2D eigenvalue weighted by molar-refractivity contribution is 0.322. The van der Waals surface area contributed by atoms with Gasteiger partial charge in [0, 0.05) is 5.75 Å². The highest BCUT2D eigenvalue weighted by atomic mass is 32.2. The molecule has 0 saturated carbocycles. The SMILES string of the molecule is CCNC(C#N)CCSCCO. The van der Waals surface area contributed by atoms with Crippen LogP contribution in [0.3, 0.4) is 0 Å². The predicted molar refractivity (Wildman–Crippen MR) is 52.1 cm³/mol. The van der Waals surface area contributed by atoms with Crippen LogP contribution in [0, 0.1) is 11.3 Å². The molecular weight excluding hydrogens is 172 g/mol. The van der Waals surface area contributed by atoms with Crippen molar-refractivity contribution in [2.45, 2.75) is 19.4 Å². The van der Waals surface area contributed by atoms with E-state index in [-0.39, 0.29) is 12.6 Å². The molecule has 1 atom stereocenters. The molecule has 0 bridgehead atoms. The Morgan fingerprint density at radius 3 is 2.83 bits per heavy atom. The van der Waals surface area contributed by atoms with Crippen LogP contribution >= 0.6 is 11.8 Å².